The van der Waals surface area contributed by atoms with Crippen molar-refractivity contribution in [3.63, 3.8) is 0 Å². The molecule has 0 radical (unpaired) electrons. The zero-order valence-corrected chi connectivity index (χ0v) is 12.2. The number of carbonyl (C=O) groups is 1. The van der Waals surface area contributed by atoms with Gasteiger partial charge in [0, 0.05) is 23.8 Å². The van der Waals surface area contributed by atoms with Crippen LogP contribution in [0.1, 0.15) is 36.5 Å². The molecule has 0 aliphatic carbocycles. The highest BCUT2D eigenvalue weighted by molar-refractivity contribution is 6.30. The molecule has 0 bridgehead atoms. The fourth-order valence-electron chi connectivity index (χ4n) is 1.59. The molecule has 4 heteroatoms. The smallest absolute Gasteiger partial charge is 0.176 e. The van der Waals surface area contributed by atoms with Crippen LogP contribution in [0.5, 0.6) is 0 Å². The second-order valence-corrected chi connectivity index (χ2v) is 4.86. The summed E-state index contributed by atoms with van der Waals surface area (Å²) in [6.07, 6.45) is 3.20. The van der Waals surface area contributed by atoms with Crippen LogP contribution >= 0.6 is 11.6 Å². The quantitative estimate of drug-likeness (QED) is 0.529. The lowest BCUT2D eigenvalue weighted by molar-refractivity contribution is 0.0986. The first-order valence-corrected chi connectivity index (χ1v) is 7.19. The molecule has 0 spiro atoms. The SMILES string of the molecule is CCCCOCCCNCC(=O)c1ccc(Cl)cc1. The Morgan fingerprint density at radius 2 is 1.89 bits per heavy atom. The van der Waals surface area contributed by atoms with Gasteiger partial charge in [0.25, 0.3) is 0 Å². The average molecular weight is 284 g/mol. The van der Waals surface area contributed by atoms with E-state index in [9.17, 15) is 4.79 Å². The summed E-state index contributed by atoms with van der Waals surface area (Å²) in [5.74, 6) is 0.0866. The fraction of sp³-hybridized carbons (Fsp3) is 0.533. The van der Waals surface area contributed by atoms with Crippen LogP contribution in [0.4, 0.5) is 0 Å². The molecule has 0 saturated carbocycles. The third-order valence-electron chi connectivity index (χ3n) is 2.74. The minimum absolute atomic E-state index is 0.0866. The summed E-state index contributed by atoms with van der Waals surface area (Å²) >= 11 is 5.77. The number of halogens is 1. The maximum Gasteiger partial charge on any atom is 0.176 e. The van der Waals surface area contributed by atoms with Crippen LogP contribution in [0.25, 0.3) is 0 Å². The van der Waals surface area contributed by atoms with Gasteiger partial charge in [-0.3, -0.25) is 4.79 Å². The van der Waals surface area contributed by atoms with Crippen LogP contribution in [0.3, 0.4) is 0 Å². The van der Waals surface area contributed by atoms with Crippen molar-refractivity contribution >= 4 is 17.4 Å². The summed E-state index contributed by atoms with van der Waals surface area (Å²) in [6, 6.07) is 6.97. The van der Waals surface area contributed by atoms with Gasteiger partial charge in [-0.05, 0) is 43.7 Å². The number of nitrogens with one attached hydrogen (secondary N) is 1. The summed E-state index contributed by atoms with van der Waals surface area (Å²) < 4.78 is 5.44. The Hall–Kier alpha value is -0.900. The Bertz CT molecular complexity index is 365. The molecular formula is C15H22ClNO2. The highest BCUT2D eigenvalue weighted by atomic mass is 35.5. The highest BCUT2D eigenvalue weighted by Crippen LogP contribution is 2.09. The van der Waals surface area contributed by atoms with E-state index >= 15 is 0 Å². The van der Waals surface area contributed by atoms with Gasteiger partial charge in [0.15, 0.2) is 5.78 Å². The van der Waals surface area contributed by atoms with Crippen LogP contribution in [0.2, 0.25) is 5.02 Å². The van der Waals surface area contributed by atoms with Gasteiger partial charge < -0.3 is 10.1 Å². The van der Waals surface area contributed by atoms with Gasteiger partial charge in [0.05, 0.1) is 6.54 Å². The van der Waals surface area contributed by atoms with E-state index in [0.29, 0.717) is 17.1 Å². The molecule has 1 aromatic rings. The van der Waals surface area contributed by atoms with Gasteiger partial charge in [0.2, 0.25) is 0 Å². The molecule has 0 fully saturated rings. The fourth-order valence-corrected chi connectivity index (χ4v) is 1.71. The van der Waals surface area contributed by atoms with Crippen molar-refractivity contribution in [2.24, 2.45) is 0 Å². The second kappa shape index (κ2) is 9.96. The number of carbonyl (C=O) groups excluding carboxylic acids is 1. The van der Waals surface area contributed by atoms with E-state index in [2.05, 4.69) is 12.2 Å². The van der Waals surface area contributed by atoms with E-state index in [1.54, 1.807) is 24.3 Å². The average Bonchev–Trinajstić information content (AvgIpc) is 2.42. The van der Waals surface area contributed by atoms with Crippen molar-refractivity contribution in [2.45, 2.75) is 26.2 Å². The standard InChI is InChI=1S/C15H22ClNO2/c1-2-3-10-19-11-4-9-17-12-15(18)13-5-7-14(16)8-6-13/h5-8,17H,2-4,9-12H2,1H3. The molecule has 0 saturated heterocycles. The summed E-state index contributed by atoms with van der Waals surface area (Å²) in [4.78, 5) is 11.8. The zero-order chi connectivity index (χ0) is 13.9. The van der Waals surface area contributed by atoms with Gasteiger partial charge in [-0.15, -0.1) is 0 Å². The number of Topliss-reactive ketones (excluding diaryl/α,β-unsaturated/α-hetero) is 1. The topological polar surface area (TPSA) is 38.3 Å². The molecule has 106 valence electrons. The van der Waals surface area contributed by atoms with Gasteiger partial charge in [-0.1, -0.05) is 24.9 Å². The van der Waals surface area contributed by atoms with Crippen molar-refractivity contribution in [1.29, 1.82) is 0 Å². The van der Waals surface area contributed by atoms with E-state index < -0.39 is 0 Å². The van der Waals surface area contributed by atoms with Crippen LogP contribution in [-0.4, -0.2) is 32.1 Å². The van der Waals surface area contributed by atoms with E-state index in [0.717, 1.165) is 39.0 Å². The van der Waals surface area contributed by atoms with Crippen molar-refractivity contribution in [3.8, 4) is 0 Å². The van der Waals surface area contributed by atoms with Gasteiger partial charge >= 0.3 is 0 Å². The Kier molecular flexibility index (Phi) is 8.47. The molecule has 1 rings (SSSR count). The molecule has 3 nitrogen and oxygen atoms in total. The maximum atomic E-state index is 11.8. The Balaban J connectivity index is 2.06. The minimum Gasteiger partial charge on any atom is -0.381 e. The number of ketones is 1. The number of ether oxygens (including phenoxy) is 1. The molecule has 1 aromatic carbocycles. The van der Waals surface area contributed by atoms with Crippen molar-refractivity contribution in [3.05, 3.63) is 34.9 Å². The first kappa shape index (κ1) is 16.2. The zero-order valence-electron chi connectivity index (χ0n) is 11.5. The summed E-state index contributed by atoms with van der Waals surface area (Å²) in [6.45, 7) is 4.89. The van der Waals surface area contributed by atoms with Crippen molar-refractivity contribution < 1.29 is 9.53 Å². The predicted octanol–water partition coefficient (Wildman–Crippen LogP) is 3.32. The van der Waals surface area contributed by atoms with Crippen LogP contribution in [0.15, 0.2) is 24.3 Å². The van der Waals surface area contributed by atoms with E-state index in [4.69, 9.17) is 16.3 Å². The molecule has 0 aliphatic heterocycles. The Labute approximate surface area is 120 Å². The predicted molar refractivity (Wildman–Crippen MR) is 79.0 cm³/mol. The van der Waals surface area contributed by atoms with Crippen molar-refractivity contribution in [1.82, 2.24) is 5.32 Å². The largest absolute Gasteiger partial charge is 0.381 e. The summed E-state index contributed by atoms with van der Waals surface area (Å²) in [5, 5.41) is 3.77. The van der Waals surface area contributed by atoms with Crippen LogP contribution < -0.4 is 5.32 Å². The van der Waals surface area contributed by atoms with Gasteiger partial charge in [0.1, 0.15) is 0 Å². The lowest BCUT2D eigenvalue weighted by atomic mass is 10.1. The molecule has 0 heterocycles. The normalized spacial score (nSPS) is 10.6. The number of rotatable bonds is 10. The number of unbranched alkanes of at least 4 members (excludes halogenated alkanes) is 1. The van der Waals surface area contributed by atoms with E-state index in [-0.39, 0.29) is 5.78 Å². The lowest BCUT2D eigenvalue weighted by Gasteiger charge is -2.05. The molecule has 0 aliphatic rings. The number of benzene rings is 1. The first-order chi connectivity index (χ1) is 9.24. The maximum absolute atomic E-state index is 11.8. The molecule has 0 amide bonds. The number of hydrogen-bond donors (Lipinski definition) is 1. The lowest BCUT2D eigenvalue weighted by Crippen LogP contribution is -2.24. The summed E-state index contributed by atoms with van der Waals surface area (Å²) in [5.41, 5.74) is 0.691. The molecule has 1 N–H and O–H groups in total. The molecule has 0 unspecified atom stereocenters. The van der Waals surface area contributed by atoms with Crippen molar-refractivity contribution in [2.75, 3.05) is 26.3 Å². The Morgan fingerprint density at radius 3 is 2.58 bits per heavy atom. The third kappa shape index (κ3) is 7.31. The third-order valence-corrected chi connectivity index (χ3v) is 2.99. The molecular weight excluding hydrogens is 262 g/mol. The summed E-state index contributed by atoms with van der Waals surface area (Å²) in [7, 11) is 0. The van der Waals surface area contributed by atoms with Crippen LogP contribution in [0, 0.1) is 0 Å². The van der Waals surface area contributed by atoms with Crippen LogP contribution in [-0.2, 0) is 4.74 Å². The molecule has 0 atom stereocenters. The monoisotopic (exact) mass is 283 g/mol. The van der Waals surface area contributed by atoms with E-state index in [1.165, 1.54) is 0 Å². The second-order valence-electron chi connectivity index (χ2n) is 4.43. The Morgan fingerprint density at radius 1 is 1.21 bits per heavy atom. The number of hydrogen-bond acceptors (Lipinski definition) is 3. The highest BCUT2D eigenvalue weighted by Gasteiger charge is 2.04. The molecule has 19 heavy (non-hydrogen) atoms. The van der Waals surface area contributed by atoms with E-state index in [1.807, 2.05) is 0 Å². The van der Waals surface area contributed by atoms with Gasteiger partial charge in [-0.2, -0.15) is 0 Å². The first-order valence-electron chi connectivity index (χ1n) is 6.81. The van der Waals surface area contributed by atoms with Gasteiger partial charge in [-0.25, -0.2) is 0 Å². The molecule has 0 aromatic heterocycles. The minimum atomic E-state index is 0.0866.